The summed E-state index contributed by atoms with van der Waals surface area (Å²) in [5.41, 5.74) is 8.06. The molecule has 2 aromatic carbocycles. The number of aromatic nitrogens is 1. The van der Waals surface area contributed by atoms with Gasteiger partial charge in [-0.3, -0.25) is 14.2 Å². The summed E-state index contributed by atoms with van der Waals surface area (Å²) in [5, 5.41) is 2.89. The highest BCUT2D eigenvalue weighted by molar-refractivity contribution is 6.00. The van der Waals surface area contributed by atoms with Crippen LogP contribution in [-0.4, -0.2) is 29.5 Å². The molecular formula is C22H24N4O4. The highest BCUT2D eigenvalue weighted by atomic mass is 16.4. The maximum absolute atomic E-state index is 13.1. The summed E-state index contributed by atoms with van der Waals surface area (Å²) >= 11 is 0. The van der Waals surface area contributed by atoms with Crippen LogP contribution in [0.15, 0.2) is 51.7 Å². The van der Waals surface area contributed by atoms with Crippen molar-refractivity contribution in [2.45, 2.75) is 32.2 Å². The van der Waals surface area contributed by atoms with E-state index in [2.05, 4.69) is 10.2 Å². The molecule has 1 unspecified atom stereocenters. The van der Waals surface area contributed by atoms with Gasteiger partial charge in [-0.05, 0) is 56.5 Å². The van der Waals surface area contributed by atoms with Crippen molar-refractivity contribution in [3.8, 4) is 0 Å². The number of para-hydroxylation sites is 2. The molecule has 0 saturated carbocycles. The van der Waals surface area contributed by atoms with Crippen molar-refractivity contribution in [3.63, 3.8) is 0 Å². The van der Waals surface area contributed by atoms with Crippen molar-refractivity contribution in [1.82, 2.24) is 4.57 Å². The van der Waals surface area contributed by atoms with Crippen LogP contribution in [0.2, 0.25) is 0 Å². The van der Waals surface area contributed by atoms with E-state index in [0.717, 1.165) is 31.6 Å². The summed E-state index contributed by atoms with van der Waals surface area (Å²) in [6.07, 6.45) is 3.31. The average molecular weight is 408 g/mol. The Morgan fingerprint density at radius 3 is 2.57 bits per heavy atom. The van der Waals surface area contributed by atoms with Gasteiger partial charge >= 0.3 is 5.76 Å². The molecule has 1 atom stereocenters. The number of piperidine rings is 1. The molecule has 0 radical (unpaired) electrons. The number of carbonyl (C=O) groups excluding carboxylic acids is 2. The van der Waals surface area contributed by atoms with Crippen LogP contribution in [0.4, 0.5) is 11.4 Å². The first-order chi connectivity index (χ1) is 14.5. The number of hydrogen-bond acceptors (Lipinski definition) is 5. The van der Waals surface area contributed by atoms with Gasteiger partial charge in [-0.1, -0.05) is 12.1 Å². The summed E-state index contributed by atoms with van der Waals surface area (Å²) in [6.45, 7) is 3.39. The van der Waals surface area contributed by atoms with Gasteiger partial charge in [-0.2, -0.15) is 0 Å². The number of nitrogens with zero attached hydrogens (tertiary/aromatic N) is 2. The van der Waals surface area contributed by atoms with E-state index < -0.39 is 17.7 Å². The van der Waals surface area contributed by atoms with Gasteiger partial charge in [0.1, 0.15) is 6.04 Å². The van der Waals surface area contributed by atoms with Crippen molar-refractivity contribution >= 4 is 34.3 Å². The van der Waals surface area contributed by atoms with Crippen LogP contribution >= 0.6 is 0 Å². The second-order valence-corrected chi connectivity index (χ2v) is 7.51. The number of rotatable bonds is 5. The molecule has 30 heavy (non-hydrogen) atoms. The normalized spacial score (nSPS) is 15.2. The predicted octanol–water partition coefficient (Wildman–Crippen LogP) is 2.88. The molecule has 2 amide bonds. The number of nitrogens with one attached hydrogen (secondary N) is 1. The van der Waals surface area contributed by atoms with E-state index in [1.807, 2.05) is 6.07 Å². The number of amides is 2. The van der Waals surface area contributed by atoms with Crippen LogP contribution in [0.25, 0.3) is 11.1 Å². The van der Waals surface area contributed by atoms with Crippen LogP contribution in [0.3, 0.4) is 0 Å². The van der Waals surface area contributed by atoms with Crippen LogP contribution in [0.1, 0.15) is 42.6 Å². The zero-order chi connectivity index (χ0) is 21.3. The molecule has 1 fully saturated rings. The topological polar surface area (TPSA) is 111 Å². The van der Waals surface area contributed by atoms with Crippen molar-refractivity contribution < 1.29 is 14.0 Å². The van der Waals surface area contributed by atoms with E-state index in [0.29, 0.717) is 22.4 Å². The molecule has 1 aliphatic rings. The molecular weight excluding hydrogens is 384 g/mol. The quantitative estimate of drug-likeness (QED) is 0.674. The second kappa shape index (κ2) is 8.06. The first-order valence-corrected chi connectivity index (χ1v) is 10.1. The molecule has 0 aliphatic carbocycles. The SMILES string of the molecule is CC(C(=O)Nc1cc(C(N)=O)ccc1N1CCCCC1)n1c(=O)oc2ccccc21. The van der Waals surface area contributed by atoms with E-state index >= 15 is 0 Å². The number of fused-ring (bicyclic) bond motifs is 1. The molecule has 2 heterocycles. The minimum atomic E-state index is -0.812. The predicted molar refractivity (Wildman–Crippen MR) is 115 cm³/mol. The molecule has 3 aromatic rings. The minimum absolute atomic E-state index is 0.310. The van der Waals surface area contributed by atoms with E-state index in [1.54, 1.807) is 43.3 Å². The lowest BCUT2D eigenvalue weighted by atomic mass is 10.1. The number of oxazole rings is 1. The zero-order valence-corrected chi connectivity index (χ0v) is 16.8. The fraction of sp³-hybridized carbons (Fsp3) is 0.318. The second-order valence-electron chi connectivity index (χ2n) is 7.51. The van der Waals surface area contributed by atoms with Crippen molar-refractivity contribution in [2.24, 2.45) is 5.73 Å². The summed E-state index contributed by atoms with van der Waals surface area (Å²) in [5.74, 6) is -1.55. The molecule has 1 saturated heterocycles. The Balaban J connectivity index is 1.67. The zero-order valence-electron chi connectivity index (χ0n) is 16.8. The van der Waals surface area contributed by atoms with Crippen molar-refractivity contribution in [2.75, 3.05) is 23.3 Å². The number of benzene rings is 2. The van der Waals surface area contributed by atoms with Gasteiger partial charge in [0.05, 0.1) is 16.9 Å². The summed E-state index contributed by atoms with van der Waals surface area (Å²) in [7, 11) is 0. The Kier molecular flexibility index (Phi) is 5.31. The van der Waals surface area contributed by atoms with Gasteiger partial charge in [0.25, 0.3) is 0 Å². The van der Waals surface area contributed by atoms with Gasteiger partial charge < -0.3 is 20.4 Å². The van der Waals surface area contributed by atoms with Gasteiger partial charge in [-0.25, -0.2) is 4.79 Å². The van der Waals surface area contributed by atoms with Gasteiger partial charge in [-0.15, -0.1) is 0 Å². The number of primary amides is 1. The maximum Gasteiger partial charge on any atom is 0.420 e. The van der Waals surface area contributed by atoms with Crippen molar-refractivity contribution in [3.05, 3.63) is 58.6 Å². The first-order valence-electron chi connectivity index (χ1n) is 10.1. The lowest BCUT2D eigenvalue weighted by Crippen LogP contribution is -2.32. The fourth-order valence-electron chi connectivity index (χ4n) is 3.91. The largest absolute Gasteiger partial charge is 0.420 e. The third-order valence-electron chi connectivity index (χ3n) is 5.52. The highest BCUT2D eigenvalue weighted by Crippen LogP contribution is 2.30. The summed E-state index contributed by atoms with van der Waals surface area (Å²) in [4.78, 5) is 39.3. The molecule has 0 spiro atoms. The van der Waals surface area contributed by atoms with E-state index in [4.69, 9.17) is 10.2 Å². The lowest BCUT2D eigenvalue weighted by molar-refractivity contribution is -0.118. The first kappa shape index (κ1) is 19.8. The van der Waals surface area contributed by atoms with E-state index in [1.165, 1.54) is 11.0 Å². The summed E-state index contributed by atoms with van der Waals surface area (Å²) in [6, 6.07) is 11.2. The Morgan fingerprint density at radius 1 is 1.10 bits per heavy atom. The maximum atomic E-state index is 13.1. The van der Waals surface area contributed by atoms with Gasteiger partial charge in [0, 0.05) is 18.7 Å². The third kappa shape index (κ3) is 3.68. The molecule has 0 bridgehead atoms. The molecule has 4 rings (SSSR count). The Hall–Kier alpha value is -3.55. The molecule has 1 aliphatic heterocycles. The number of carbonyl (C=O) groups is 2. The van der Waals surface area contributed by atoms with Gasteiger partial charge in [0.15, 0.2) is 5.58 Å². The smallest absolute Gasteiger partial charge is 0.408 e. The van der Waals surface area contributed by atoms with Gasteiger partial charge in [0.2, 0.25) is 11.8 Å². The monoisotopic (exact) mass is 408 g/mol. The number of anilines is 2. The molecule has 3 N–H and O–H groups in total. The standard InChI is InChI=1S/C22H24N4O4/c1-14(26-18-7-3-4-8-19(18)30-22(26)29)21(28)24-16-13-15(20(23)27)9-10-17(16)25-11-5-2-6-12-25/h3-4,7-10,13-14H,2,5-6,11-12H2,1H3,(H2,23,27)(H,24,28). The molecule has 8 heteroatoms. The Morgan fingerprint density at radius 2 is 1.83 bits per heavy atom. The van der Waals surface area contributed by atoms with E-state index in [9.17, 15) is 14.4 Å². The molecule has 156 valence electrons. The van der Waals surface area contributed by atoms with Crippen LogP contribution < -0.4 is 21.7 Å². The minimum Gasteiger partial charge on any atom is -0.408 e. The molecule has 1 aromatic heterocycles. The Labute approximate surface area is 173 Å². The third-order valence-corrected chi connectivity index (χ3v) is 5.52. The van der Waals surface area contributed by atoms with Crippen LogP contribution in [0, 0.1) is 0 Å². The molecule has 8 nitrogen and oxygen atoms in total. The lowest BCUT2D eigenvalue weighted by Gasteiger charge is -2.31. The summed E-state index contributed by atoms with van der Waals surface area (Å²) < 4.78 is 6.57. The van der Waals surface area contributed by atoms with Crippen LogP contribution in [0.5, 0.6) is 0 Å². The fourth-order valence-corrected chi connectivity index (χ4v) is 3.91. The average Bonchev–Trinajstić information content (AvgIpc) is 3.09. The Bertz CT molecular complexity index is 1160. The van der Waals surface area contributed by atoms with E-state index in [-0.39, 0.29) is 5.91 Å². The number of nitrogens with two attached hydrogens (primary N) is 1. The van der Waals surface area contributed by atoms with Crippen molar-refractivity contribution in [1.29, 1.82) is 0 Å². The number of hydrogen-bond donors (Lipinski definition) is 2. The van der Waals surface area contributed by atoms with Crippen LogP contribution in [-0.2, 0) is 4.79 Å². The highest BCUT2D eigenvalue weighted by Gasteiger charge is 2.24.